The SMILES string of the molecule is Cc1cc(NC(=O)[C@@H](NC[C@@H]2CCCO2)c2ccccc2)no1. The second-order valence-electron chi connectivity index (χ2n) is 5.70. The molecule has 0 spiro atoms. The standard InChI is InChI=1S/C17H21N3O3/c1-12-10-15(20-23-12)19-17(21)16(13-6-3-2-4-7-13)18-11-14-8-5-9-22-14/h2-4,6-7,10,14,16,18H,5,8-9,11H2,1H3,(H,19,20,21)/t14-,16-/m0/s1. The monoisotopic (exact) mass is 315 g/mol. The van der Waals surface area contributed by atoms with Gasteiger partial charge in [-0.3, -0.25) is 10.1 Å². The fraction of sp³-hybridized carbons (Fsp3) is 0.412. The number of aromatic nitrogens is 1. The second-order valence-corrected chi connectivity index (χ2v) is 5.70. The molecular weight excluding hydrogens is 294 g/mol. The summed E-state index contributed by atoms with van der Waals surface area (Å²) in [5.41, 5.74) is 0.906. The van der Waals surface area contributed by atoms with E-state index in [2.05, 4.69) is 15.8 Å². The van der Waals surface area contributed by atoms with E-state index in [4.69, 9.17) is 9.26 Å². The summed E-state index contributed by atoms with van der Waals surface area (Å²) in [6, 6.07) is 10.9. The van der Waals surface area contributed by atoms with Gasteiger partial charge in [-0.1, -0.05) is 35.5 Å². The van der Waals surface area contributed by atoms with Gasteiger partial charge in [0.2, 0.25) is 5.91 Å². The summed E-state index contributed by atoms with van der Waals surface area (Å²) in [6.45, 7) is 3.23. The Bertz CT molecular complexity index is 636. The molecule has 0 bridgehead atoms. The number of carbonyl (C=O) groups excluding carboxylic acids is 1. The van der Waals surface area contributed by atoms with E-state index in [0.717, 1.165) is 25.0 Å². The van der Waals surface area contributed by atoms with Crippen LogP contribution >= 0.6 is 0 Å². The number of rotatable bonds is 6. The lowest BCUT2D eigenvalue weighted by Gasteiger charge is -2.20. The molecule has 1 aromatic carbocycles. The van der Waals surface area contributed by atoms with Crippen molar-refractivity contribution in [2.75, 3.05) is 18.5 Å². The van der Waals surface area contributed by atoms with Gasteiger partial charge in [-0.25, -0.2) is 0 Å². The minimum absolute atomic E-state index is 0.164. The van der Waals surface area contributed by atoms with Crippen molar-refractivity contribution in [3.05, 3.63) is 47.7 Å². The van der Waals surface area contributed by atoms with Crippen LogP contribution in [0.5, 0.6) is 0 Å². The molecule has 1 saturated heterocycles. The first kappa shape index (κ1) is 15.7. The van der Waals surface area contributed by atoms with E-state index >= 15 is 0 Å². The molecule has 1 aliphatic heterocycles. The molecule has 0 radical (unpaired) electrons. The van der Waals surface area contributed by atoms with Gasteiger partial charge < -0.3 is 14.6 Å². The van der Waals surface area contributed by atoms with Crippen LogP contribution in [0.15, 0.2) is 40.9 Å². The molecule has 0 aliphatic carbocycles. The van der Waals surface area contributed by atoms with E-state index in [9.17, 15) is 4.79 Å². The Morgan fingerprint density at radius 3 is 2.87 bits per heavy atom. The average Bonchev–Trinajstić information content (AvgIpc) is 3.20. The third kappa shape index (κ3) is 4.18. The third-order valence-corrected chi connectivity index (χ3v) is 3.85. The molecule has 2 aromatic rings. The van der Waals surface area contributed by atoms with Crippen molar-refractivity contribution in [1.82, 2.24) is 10.5 Å². The number of anilines is 1. The van der Waals surface area contributed by atoms with Crippen molar-refractivity contribution in [2.45, 2.75) is 31.9 Å². The molecule has 6 nitrogen and oxygen atoms in total. The van der Waals surface area contributed by atoms with Crippen LogP contribution < -0.4 is 10.6 Å². The maximum atomic E-state index is 12.6. The molecule has 122 valence electrons. The van der Waals surface area contributed by atoms with Crippen molar-refractivity contribution in [1.29, 1.82) is 0 Å². The molecular formula is C17H21N3O3. The summed E-state index contributed by atoms with van der Waals surface area (Å²) < 4.78 is 10.6. The van der Waals surface area contributed by atoms with Gasteiger partial charge in [-0.15, -0.1) is 0 Å². The maximum absolute atomic E-state index is 12.6. The topological polar surface area (TPSA) is 76.4 Å². The van der Waals surface area contributed by atoms with Crippen molar-refractivity contribution in [3.8, 4) is 0 Å². The first-order valence-electron chi connectivity index (χ1n) is 7.86. The molecule has 1 amide bonds. The van der Waals surface area contributed by atoms with Crippen LogP contribution in [0.3, 0.4) is 0 Å². The van der Waals surface area contributed by atoms with Crippen LogP contribution in [-0.4, -0.2) is 30.3 Å². The summed E-state index contributed by atoms with van der Waals surface area (Å²) >= 11 is 0. The summed E-state index contributed by atoms with van der Waals surface area (Å²) in [5.74, 6) is 0.915. The summed E-state index contributed by atoms with van der Waals surface area (Å²) in [5, 5.41) is 9.91. The predicted octanol–water partition coefficient (Wildman–Crippen LogP) is 2.43. The molecule has 1 aliphatic rings. The smallest absolute Gasteiger partial charge is 0.247 e. The molecule has 1 fully saturated rings. The number of aryl methyl sites for hydroxylation is 1. The zero-order chi connectivity index (χ0) is 16.1. The lowest BCUT2D eigenvalue weighted by atomic mass is 10.1. The van der Waals surface area contributed by atoms with Crippen LogP contribution in [0.25, 0.3) is 0 Å². The van der Waals surface area contributed by atoms with Crippen LogP contribution in [0.2, 0.25) is 0 Å². The number of hydrogen-bond acceptors (Lipinski definition) is 5. The Morgan fingerprint density at radius 2 is 2.22 bits per heavy atom. The van der Waals surface area contributed by atoms with Crippen LogP contribution in [0.1, 0.15) is 30.2 Å². The first-order chi connectivity index (χ1) is 11.2. The van der Waals surface area contributed by atoms with Crippen molar-refractivity contribution in [3.63, 3.8) is 0 Å². The van der Waals surface area contributed by atoms with Crippen LogP contribution in [-0.2, 0) is 9.53 Å². The Morgan fingerprint density at radius 1 is 1.39 bits per heavy atom. The highest BCUT2D eigenvalue weighted by Gasteiger charge is 2.24. The van der Waals surface area contributed by atoms with Gasteiger partial charge in [0.1, 0.15) is 11.8 Å². The average molecular weight is 315 g/mol. The first-order valence-corrected chi connectivity index (χ1v) is 7.86. The second kappa shape index (κ2) is 7.39. The number of ether oxygens (including phenoxy) is 1. The van der Waals surface area contributed by atoms with Crippen LogP contribution in [0.4, 0.5) is 5.82 Å². The van der Waals surface area contributed by atoms with E-state index in [0.29, 0.717) is 18.1 Å². The molecule has 1 aromatic heterocycles. The third-order valence-electron chi connectivity index (χ3n) is 3.85. The predicted molar refractivity (Wildman–Crippen MR) is 86.0 cm³/mol. The fourth-order valence-electron chi connectivity index (χ4n) is 2.69. The van der Waals surface area contributed by atoms with E-state index in [1.165, 1.54) is 0 Å². The number of amides is 1. The van der Waals surface area contributed by atoms with Gasteiger partial charge in [-0.05, 0) is 25.3 Å². The normalized spacial score (nSPS) is 18.7. The molecule has 2 atom stereocenters. The molecule has 6 heteroatoms. The lowest BCUT2D eigenvalue weighted by Crippen LogP contribution is -2.37. The minimum Gasteiger partial charge on any atom is -0.377 e. The maximum Gasteiger partial charge on any atom is 0.247 e. The molecule has 23 heavy (non-hydrogen) atoms. The van der Waals surface area contributed by atoms with Crippen LogP contribution in [0, 0.1) is 6.92 Å². The van der Waals surface area contributed by atoms with Crippen molar-refractivity contribution in [2.24, 2.45) is 0 Å². The van der Waals surface area contributed by atoms with Gasteiger partial charge in [0, 0.05) is 19.2 Å². The highest BCUT2D eigenvalue weighted by molar-refractivity contribution is 5.94. The summed E-state index contributed by atoms with van der Waals surface area (Å²) in [4.78, 5) is 12.6. The van der Waals surface area contributed by atoms with Gasteiger partial charge in [0.25, 0.3) is 0 Å². The Hall–Kier alpha value is -2.18. The minimum atomic E-state index is -0.461. The lowest BCUT2D eigenvalue weighted by molar-refractivity contribution is -0.118. The van der Waals surface area contributed by atoms with Gasteiger partial charge in [-0.2, -0.15) is 0 Å². The highest BCUT2D eigenvalue weighted by Crippen LogP contribution is 2.18. The zero-order valence-corrected chi connectivity index (χ0v) is 13.1. The highest BCUT2D eigenvalue weighted by atomic mass is 16.5. The molecule has 2 heterocycles. The summed E-state index contributed by atoms with van der Waals surface area (Å²) in [7, 11) is 0. The number of hydrogen-bond donors (Lipinski definition) is 2. The Kier molecular flexibility index (Phi) is 5.05. The molecule has 2 N–H and O–H groups in total. The Labute approximate surface area is 135 Å². The van der Waals surface area contributed by atoms with E-state index < -0.39 is 6.04 Å². The molecule has 0 unspecified atom stereocenters. The number of nitrogens with zero attached hydrogens (tertiary/aromatic N) is 1. The Balaban J connectivity index is 1.69. The summed E-state index contributed by atoms with van der Waals surface area (Å²) in [6.07, 6.45) is 2.27. The largest absolute Gasteiger partial charge is 0.377 e. The van der Waals surface area contributed by atoms with Crippen molar-refractivity contribution >= 4 is 11.7 Å². The number of carbonyl (C=O) groups is 1. The molecule has 0 saturated carbocycles. The quantitative estimate of drug-likeness (QED) is 0.856. The van der Waals surface area contributed by atoms with E-state index in [1.807, 2.05) is 30.3 Å². The number of benzene rings is 1. The van der Waals surface area contributed by atoms with Gasteiger partial charge in [0.15, 0.2) is 5.82 Å². The van der Waals surface area contributed by atoms with E-state index in [-0.39, 0.29) is 12.0 Å². The zero-order valence-electron chi connectivity index (χ0n) is 13.1. The molecule has 3 rings (SSSR count). The number of nitrogens with one attached hydrogen (secondary N) is 2. The van der Waals surface area contributed by atoms with Gasteiger partial charge >= 0.3 is 0 Å². The van der Waals surface area contributed by atoms with Gasteiger partial charge in [0.05, 0.1) is 6.10 Å². The fourth-order valence-corrected chi connectivity index (χ4v) is 2.69. The van der Waals surface area contributed by atoms with Crippen molar-refractivity contribution < 1.29 is 14.1 Å². The van der Waals surface area contributed by atoms with E-state index in [1.54, 1.807) is 13.0 Å².